The predicted molar refractivity (Wildman–Crippen MR) is 71.9 cm³/mol. The second-order valence-electron chi connectivity index (χ2n) is 4.22. The lowest BCUT2D eigenvalue weighted by Gasteiger charge is -2.00. The minimum Gasteiger partial charge on any atom is -0.506 e. The van der Waals surface area contributed by atoms with E-state index in [1.807, 2.05) is 0 Å². The van der Waals surface area contributed by atoms with Crippen LogP contribution in [0.15, 0.2) is 36.4 Å². The molecule has 20 heavy (non-hydrogen) atoms. The van der Waals surface area contributed by atoms with Gasteiger partial charge in [-0.2, -0.15) is 0 Å². The maximum absolute atomic E-state index is 11.2. The van der Waals surface area contributed by atoms with Gasteiger partial charge in [0, 0.05) is 5.69 Å². The van der Waals surface area contributed by atoms with Crippen molar-refractivity contribution >= 4 is 22.7 Å². The molecule has 100 valence electrons. The Morgan fingerprint density at radius 1 is 1.20 bits per heavy atom. The molecular formula is C13H10N4O3. The van der Waals surface area contributed by atoms with Gasteiger partial charge in [0.05, 0.1) is 5.56 Å². The molecule has 0 saturated heterocycles. The molecule has 0 radical (unpaired) electrons. The van der Waals surface area contributed by atoms with E-state index in [4.69, 9.17) is 10.8 Å². The third-order valence-electron chi connectivity index (χ3n) is 2.84. The molecule has 3 rings (SSSR count). The summed E-state index contributed by atoms with van der Waals surface area (Å²) in [5.74, 6) is -1.13. The van der Waals surface area contributed by atoms with Crippen molar-refractivity contribution in [2.24, 2.45) is 0 Å². The first kappa shape index (κ1) is 12.0. The van der Waals surface area contributed by atoms with Crippen molar-refractivity contribution in [3.05, 3.63) is 42.0 Å². The number of nitrogens with two attached hydrogens (primary N) is 1. The number of carbonyl (C=O) groups is 1. The summed E-state index contributed by atoms with van der Waals surface area (Å²) < 4.78 is 0. The molecule has 0 spiro atoms. The molecular weight excluding hydrogens is 260 g/mol. The highest BCUT2D eigenvalue weighted by atomic mass is 16.4. The summed E-state index contributed by atoms with van der Waals surface area (Å²) in [5, 5.41) is 27.2. The molecule has 0 saturated carbocycles. The fraction of sp³-hybridized carbons (Fsp3) is 0. The summed E-state index contributed by atoms with van der Waals surface area (Å²) in [5.41, 5.74) is 6.85. The predicted octanol–water partition coefficient (Wildman–Crippen LogP) is 1.41. The number of rotatable bonds is 2. The van der Waals surface area contributed by atoms with Crippen LogP contribution in [0.25, 0.3) is 16.7 Å². The molecule has 0 aliphatic carbocycles. The van der Waals surface area contributed by atoms with Crippen LogP contribution in [-0.4, -0.2) is 31.2 Å². The Kier molecular flexibility index (Phi) is 2.53. The van der Waals surface area contributed by atoms with Crippen LogP contribution < -0.4 is 5.73 Å². The van der Waals surface area contributed by atoms with E-state index in [1.54, 1.807) is 18.2 Å². The standard InChI is InChI=1S/C13H10N4O3/c14-7-5-8(13(19)20)12-9(6-7)15-17(16-12)10-3-1-2-4-11(10)18/h1-6,18H,14H2,(H,19,20). The van der Waals surface area contributed by atoms with Crippen molar-refractivity contribution in [2.45, 2.75) is 0 Å². The SMILES string of the molecule is Nc1cc(C(=O)O)c2nn(-c3ccccc3O)nc2c1. The minimum absolute atomic E-state index is 0.00217. The second-order valence-corrected chi connectivity index (χ2v) is 4.22. The molecule has 0 bridgehead atoms. The van der Waals surface area contributed by atoms with E-state index in [0.29, 0.717) is 16.9 Å². The van der Waals surface area contributed by atoms with Gasteiger partial charge >= 0.3 is 5.97 Å². The van der Waals surface area contributed by atoms with Crippen molar-refractivity contribution in [3.63, 3.8) is 0 Å². The van der Waals surface area contributed by atoms with Crippen molar-refractivity contribution in [2.75, 3.05) is 5.73 Å². The number of nitrogens with zero attached hydrogens (tertiary/aromatic N) is 3. The van der Waals surface area contributed by atoms with Crippen LogP contribution in [-0.2, 0) is 0 Å². The highest BCUT2D eigenvalue weighted by molar-refractivity contribution is 6.02. The highest BCUT2D eigenvalue weighted by Gasteiger charge is 2.16. The maximum Gasteiger partial charge on any atom is 0.338 e. The van der Waals surface area contributed by atoms with Crippen LogP contribution in [0.4, 0.5) is 5.69 Å². The van der Waals surface area contributed by atoms with Gasteiger partial charge in [-0.15, -0.1) is 15.0 Å². The Hall–Kier alpha value is -3.09. The fourth-order valence-corrected chi connectivity index (χ4v) is 1.95. The van der Waals surface area contributed by atoms with Crippen molar-refractivity contribution in [1.29, 1.82) is 0 Å². The second kappa shape index (κ2) is 4.23. The van der Waals surface area contributed by atoms with E-state index in [-0.39, 0.29) is 16.8 Å². The zero-order chi connectivity index (χ0) is 14.3. The molecule has 4 N–H and O–H groups in total. The third kappa shape index (κ3) is 1.81. The van der Waals surface area contributed by atoms with Gasteiger partial charge in [-0.1, -0.05) is 12.1 Å². The molecule has 0 fully saturated rings. The number of hydrogen-bond acceptors (Lipinski definition) is 5. The number of aromatic carboxylic acids is 1. The highest BCUT2D eigenvalue weighted by Crippen LogP contribution is 2.24. The number of aromatic nitrogens is 3. The number of anilines is 1. The smallest absolute Gasteiger partial charge is 0.338 e. The summed E-state index contributed by atoms with van der Waals surface area (Å²) in [4.78, 5) is 12.4. The van der Waals surface area contributed by atoms with Crippen LogP contribution in [0.1, 0.15) is 10.4 Å². The topological polar surface area (TPSA) is 114 Å². The Labute approximate surface area is 112 Å². The van der Waals surface area contributed by atoms with Gasteiger partial charge in [0.25, 0.3) is 0 Å². The molecule has 0 atom stereocenters. The number of phenols is 1. The van der Waals surface area contributed by atoms with Crippen molar-refractivity contribution in [3.8, 4) is 11.4 Å². The molecule has 0 unspecified atom stereocenters. The number of hydrogen-bond donors (Lipinski definition) is 3. The van der Waals surface area contributed by atoms with Crippen molar-refractivity contribution < 1.29 is 15.0 Å². The lowest BCUT2D eigenvalue weighted by atomic mass is 10.1. The summed E-state index contributed by atoms with van der Waals surface area (Å²) in [6.45, 7) is 0. The van der Waals surface area contributed by atoms with E-state index in [1.165, 1.54) is 23.0 Å². The number of benzene rings is 2. The average Bonchev–Trinajstić information content (AvgIpc) is 2.81. The lowest BCUT2D eigenvalue weighted by Crippen LogP contribution is -2.00. The molecule has 1 heterocycles. The monoisotopic (exact) mass is 270 g/mol. The molecule has 7 nitrogen and oxygen atoms in total. The quantitative estimate of drug-likeness (QED) is 0.606. The largest absolute Gasteiger partial charge is 0.506 e. The fourth-order valence-electron chi connectivity index (χ4n) is 1.95. The lowest BCUT2D eigenvalue weighted by molar-refractivity contribution is 0.0699. The number of carboxylic acids is 1. The zero-order valence-corrected chi connectivity index (χ0v) is 10.2. The normalized spacial score (nSPS) is 10.8. The summed E-state index contributed by atoms with van der Waals surface area (Å²) in [6, 6.07) is 9.37. The van der Waals surface area contributed by atoms with E-state index in [0.717, 1.165) is 0 Å². The zero-order valence-electron chi connectivity index (χ0n) is 10.2. The van der Waals surface area contributed by atoms with Gasteiger partial charge in [-0.25, -0.2) is 4.79 Å². The molecule has 7 heteroatoms. The number of nitrogen functional groups attached to an aromatic ring is 1. The average molecular weight is 270 g/mol. The van der Waals surface area contributed by atoms with Gasteiger partial charge < -0.3 is 15.9 Å². The number of fused-ring (bicyclic) bond motifs is 1. The van der Waals surface area contributed by atoms with Crippen molar-refractivity contribution in [1.82, 2.24) is 15.0 Å². The Balaban J connectivity index is 2.28. The van der Waals surface area contributed by atoms with E-state index in [2.05, 4.69) is 10.2 Å². The number of para-hydroxylation sites is 2. The first-order valence-electron chi connectivity index (χ1n) is 5.74. The molecule has 2 aromatic carbocycles. The van der Waals surface area contributed by atoms with Gasteiger partial charge in [0.15, 0.2) is 0 Å². The first-order chi connectivity index (χ1) is 9.56. The summed E-state index contributed by atoms with van der Waals surface area (Å²) in [7, 11) is 0. The molecule has 3 aromatic rings. The summed E-state index contributed by atoms with van der Waals surface area (Å²) >= 11 is 0. The Morgan fingerprint density at radius 2 is 1.95 bits per heavy atom. The number of phenolic OH excluding ortho intramolecular Hbond substituents is 1. The summed E-state index contributed by atoms with van der Waals surface area (Å²) in [6.07, 6.45) is 0. The van der Waals surface area contributed by atoms with Crippen LogP contribution in [0.2, 0.25) is 0 Å². The van der Waals surface area contributed by atoms with E-state index >= 15 is 0 Å². The Morgan fingerprint density at radius 3 is 2.65 bits per heavy atom. The molecule has 0 amide bonds. The van der Waals surface area contributed by atoms with Crippen LogP contribution in [0.3, 0.4) is 0 Å². The van der Waals surface area contributed by atoms with E-state index in [9.17, 15) is 9.90 Å². The van der Waals surface area contributed by atoms with Crippen LogP contribution in [0, 0.1) is 0 Å². The molecule has 0 aliphatic rings. The van der Waals surface area contributed by atoms with E-state index < -0.39 is 5.97 Å². The Bertz CT molecular complexity index is 826. The molecule has 1 aromatic heterocycles. The maximum atomic E-state index is 11.2. The number of carboxylic acid groups (broad SMARTS) is 1. The van der Waals surface area contributed by atoms with Gasteiger partial charge in [-0.3, -0.25) is 0 Å². The van der Waals surface area contributed by atoms with Crippen LogP contribution >= 0.6 is 0 Å². The van der Waals surface area contributed by atoms with Gasteiger partial charge in [-0.05, 0) is 24.3 Å². The minimum atomic E-state index is -1.13. The van der Waals surface area contributed by atoms with Gasteiger partial charge in [0.2, 0.25) is 0 Å². The van der Waals surface area contributed by atoms with Gasteiger partial charge in [0.1, 0.15) is 22.5 Å². The molecule has 0 aliphatic heterocycles. The first-order valence-corrected chi connectivity index (χ1v) is 5.74. The third-order valence-corrected chi connectivity index (χ3v) is 2.84. The number of aromatic hydroxyl groups is 1. The van der Waals surface area contributed by atoms with Crippen LogP contribution in [0.5, 0.6) is 5.75 Å².